The molecule has 0 spiro atoms. The van der Waals surface area contributed by atoms with Crippen LogP contribution in [0.25, 0.3) is 0 Å². The van der Waals surface area contributed by atoms with Crippen LogP contribution in [0.1, 0.15) is 21.8 Å². The average molecular weight is 546 g/mol. The molecule has 1 aliphatic heterocycles. The van der Waals surface area contributed by atoms with E-state index >= 15 is 4.39 Å². The highest BCUT2D eigenvalue weighted by Crippen LogP contribution is 2.34. The van der Waals surface area contributed by atoms with Gasteiger partial charge in [-0.2, -0.15) is 8.78 Å². The van der Waals surface area contributed by atoms with Gasteiger partial charge in [0.1, 0.15) is 29.0 Å². The first kappa shape index (κ1) is 27.7. The molecule has 0 aliphatic carbocycles. The van der Waals surface area contributed by atoms with Crippen molar-refractivity contribution >= 4 is 17.5 Å². The quantitative estimate of drug-likeness (QED) is 0.420. The SMILES string of the molecule is COCCn1cccc(N2C[C@@H](c3ccc(OC)cc3F)[C@H](NC(=O)c3ccc(OC(F)F)cc3)C2=O)c1=O. The third-order valence-corrected chi connectivity index (χ3v) is 6.38. The summed E-state index contributed by atoms with van der Waals surface area (Å²) in [5, 5.41) is 2.63. The van der Waals surface area contributed by atoms with E-state index in [0.29, 0.717) is 0 Å². The summed E-state index contributed by atoms with van der Waals surface area (Å²) in [6.07, 6.45) is 1.56. The zero-order valence-electron chi connectivity index (χ0n) is 21.1. The first-order valence-corrected chi connectivity index (χ1v) is 11.9. The fourth-order valence-corrected chi connectivity index (χ4v) is 4.43. The molecule has 2 aromatic carbocycles. The molecule has 2 heterocycles. The van der Waals surface area contributed by atoms with Gasteiger partial charge in [-0.1, -0.05) is 6.07 Å². The Hall–Kier alpha value is -4.32. The molecule has 1 N–H and O–H groups in total. The lowest BCUT2D eigenvalue weighted by Crippen LogP contribution is -2.44. The Kier molecular flexibility index (Phi) is 8.55. The number of hydrogen-bond donors (Lipinski definition) is 1. The van der Waals surface area contributed by atoms with Gasteiger partial charge in [-0.15, -0.1) is 0 Å². The zero-order chi connectivity index (χ0) is 28.1. The molecule has 1 aliphatic rings. The summed E-state index contributed by atoms with van der Waals surface area (Å²) < 4.78 is 55.8. The van der Waals surface area contributed by atoms with Crippen LogP contribution in [0.2, 0.25) is 0 Å². The number of hydrogen-bond acceptors (Lipinski definition) is 6. The first-order valence-electron chi connectivity index (χ1n) is 11.9. The number of rotatable bonds is 10. The molecule has 0 unspecified atom stereocenters. The second kappa shape index (κ2) is 12.0. The van der Waals surface area contributed by atoms with Crippen molar-refractivity contribution in [3.63, 3.8) is 0 Å². The van der Waals surface area contributed by atoms with Crippen LogP contribution in [0.4, 0.5) is 18.9 Å². The van der Waals surface area contributed by atoms with Crippen LogP contribution < -0.4 is 25.2 Å². The molecule has 1 aromatic heterocycles. The van der Waals surface area contributed by atoms with Crippen molar-refractivity contribution < 1.29 is 37.0 Å². The van der Waals surface area contributed by atoms with Crippen molar-refractivity contribution in [1.82, 2.24) is 9.88 Å². The van der Waals surface area contributed by atoms with Gasteiger partial charge in [0, 0.05) is 43.9 Å². The monoisotopic (exact) mass is 545 g/mol. The summed E-state index contributed by atoms with van der Waals surface area (Å²) >= 11 is 0. The van der Waals surface area contributed by atoms with E-state index in [2.05, 4.69) is 10.1 Å². The van der Waals surface area contributed by atoms with Gasteiger partial charge in [-0.25, -0.2) is 4.39 Å². The van der Waals surface area contributed by atoms with E-state index in [9.17, 15) is 23.2 Å². The van der Waals surface area contributed by atoms with Crippen LogP contribution in [0.5, 0.6) is 11.5 Å². The lowest BCUT2D eigenvalue weighted by molar-refractivity contribution is -0.118. The lowest BCUT2D eigenvalue weighted by atomic mass is 9.93. The molecule has 206 valence electrons. The summed E-state index contributed by atoms with van der Waals surface area (Å²) in [5.74, 6) is -2.68. The number of anilines is 1. The largest absolute Gasteiger partial charge is 0.497 e. The molecule has 0 saturated carbocycles. The normalized spacial score (nSPS) is 17.0. The van der Waals surface area contributed by atoms with Gasteiger partial charge >= 0.3 is 6.61 Å². The van der Waals surface area contributed by atoms with E-state index in [1.165, 1.54) is 72.2 Å². The number of amides is 2. The zero-order valence-corrected chi connectivity index (χ0v) is 21.1. The molecule has 1 fully saturated rings. The molecule has 12 heteroatoms. The van der Waals surface area contributed by atoms with E-state index in [0.717, 1.165) is 0 Å². The number of nitrogens with one attached hydrogen (secondary N) is 1. The first-order chi connectivity index (χ1) is 18.7. The van der Waals surface area contributed by atoms with Crippen LogP contribution in [-0.2, 0) is 16.1 Å². The number of halogens is 3. The second-order valence-electron chi connectivity index (χ2n) is 8.68. The Labute approximate surface area is 221 Å². The van der Waals surface area contributed by atoms with E-state index in [-0.39, 0.29) is 48.0 Å². The maximum atomic E-state index is 15.1. The number of nitrogens with zero attached hydrogens (tertiary/aromatic N) is 2. The third-order valence-electron chi connectivity index (χ3n) is 6.38. The van der Waals surface area contributed by atoms with Crippen LogP contribution in [0, 0.1) is 5.82 Å². The van der Waals surface area contributed by atoms with E-state index in [1.807, 2.05) is 0 Å². The van der Waals surface area contributed by atoms with Crippen molar-refractivity contribution in [2.24, 2.45) is 0 Å². The lowest BCUT2D eigenvalue weighted by Gasteiger charge is -2.19. The van der Waals surface area contributed by atoms with Crippen molar-refractivity contribution in [3.8, 4) is 11.5 Å². The molecule has 4 rings (SSSR count). The van der Waals surface area contributed by atoms with Crippen LogP contribution >= 0.6 is 0 Å². The van der Waals surface area contributed by atoms with Gasteiger partial charge in [0.2, 0.25) is 5.91 Å². The van der Waals surface area contributed by atoms with Crippen LogP contribution in [-0.4, -0.2) is 56.4 Å². The molecular formula is C27H26F3N3O6. The number of alkyl halides is 2. The highest BCUT2D eigenvalue weighted by Gasteiger charge is 2.44. The fraction of sp³-hybridized carbons (Fsp3) is 0.296. The molecule has 0 radical (unpaired) electrons. The smallest absolute Gasteiger partial charge is 0.387 e. The molecule has 2 amide bonds. The van der Waals surface area contributed by atoms with Gasteiger partial charge in [0.25, 0.3) is 11.5 Å². The maximum absolute atomic E-state index is 15.1. The average Bonchev–Trinajstić information content (AvgIpc) is 3.23. The number of carbonyl (C=O) groups excluding carboxylic acids is 2. The minimum atomic E-state index is -3.02. The minimum Gasteiger partial charge on any atom is -0.497 e. The highest BCUT2D eigenvalue weighted by molar-refractivity contribution is 6.05. The van der Waals surface area contributed by atoms with E-state index in [1.54, 1.807) is 12.3 Å². The third kappa shape index (κ3) is 6.06. The molecule has 0 bridgehead atoms. The van der Waals surface area contributed by atoms with Crippen LogP contribution in [0.15, 0.2) is 65.6 Å². The summed E-state index contributed by atoms with van der Waals surface area (Å²) in [6, 6.07) is 10.9. The van der Waals surface area contributed by atoms with E-state index in [4.69, 9.17) is 9.47 Å². The fourth-order valence-electron chi connectivity index (χ4n) is 4.43. The minimum absolute atomic E-state index is 0.0680. The van der Waals surface area contributed by atoms with Crippen molar-refractivity contribution in [3.05, 3.63) is 88.1 Å². The van der Waals surface area contributed by atoms with Gasteiger partial charge in [-0.3, -0.25) is 14.4 Å². The molecular weight excluding hydrogens is 519 g/mol. The molecule has 2 atom stereocenters. The van der Waals surface area contributed by atoms with Gasteiger partial charge in [-0.05, 0) is 48.0 Å². The number of carbonyl (C=O) groups is 2. The van der Waals surface area contributed by atoms with Gasteiger partial charge in [0.15, 0.2) is 0 Å². The van der Waals surface area contributed by atoms with E-state index < -0.39 is 41.8 Å². The molecule has 1 saturated heterocycles. The predicted octanol–water partition coefficient (Wildman–Crippen LogP) is 3.17. The number of methoxy groups -OCH3 is 2. The van der Waals surface area contributed by atoms with Gasteiger partial charge in [0.05, 0.1) is 13.7 Å². The summed E-state index contributed by atoms with van der Waals surface area (Å²) in [7, 11) is 2.89. The Morgan fingerprint density at radius 1 is 1.08 bits per heavy atom. The molecule has 9 nitrogen and oxygen atoms in total. The summed E-state index contributed by atoms with van der Waals surface area (Å²) in [4.78, 5) is 41.0. The van der Waals surface area contributed by atoms with Crippen LogP contribution in [0.3, 0.4) is 0 Å². The Balaban J connectivity index is 1.67. The van der Waals surface area contributed by atoms with Crippen molar-refractivity contribution in [2.75, 3.05) is 32.3 Å². The topological polar surface area (TPSA) is 99.1 Å². The Bertz CT molecular complexity index is 1400. The van der Waals surface area contributed by atoms with Gasteiger partial charge < -0.3 is 29.0 Å². The maximum Gasteiger partial charge on any atom is 0.387 e. The second-order valence-corrected chi connectivity index (χ2v) is 8.68. The number of aromatic nitrogens is 1. The summed E-state index contributed by atoms with van der Waals surface area (Å²) in [5.41, 5.74) is -0.159. The Morgan fingerprint density at radius 2 is 1.79 bits per heavy atom. The molecule has 3 aromatic rings. The number of ether oxygens (including phenoxy) is 3. The molecule has 39 heavy (non-hydrogen) atoms. The van der Waals surface area contributed by atoms with Crippen molar-refractivity contribution in [2.45, 2.75) is 25.1 Å². The van der Waals surface area contributed by atoms with Crippen molar-refractivity contribution in [1.29, 1.82) is 0 Å². The predicted molar refractivity (Wildman–Crippen MR) is 135 cm³/mol. The standard InChI is InChI=1S/C27H26F3N3O6/c1-37-13-12-32-11-3-4-22(25(32)35)33-15-20(19-10-9-18(38-2)14-21(19)28)23(26(33)36)31-24(34)16-5-7-17(8-6-16)39-27(29)30/h3-11,14,20,23,27H,12-13,15H2,1-2H3,(H,31,34)/t20-,23-/m0/s1. The Morgan fingerprint density at radius 3 is 2.44 bits per heavy atom. The summed E-state index contributed by atoms with van der Waals surface area (Å²) in [6.45, 7) is -2.58. The number of pyridine rings is 1. The number of benzene rings is 2. The highest BCUT2D eigenvalue weighted by atomic mass is 19.3.